The fraction of sp³-hybridized carbons (Fsp3) is 0.550. The number of amides is 1. The van der Waals surface area contributed by atoms with Crippen molar-refractivity contribution in [2.75, 3.05) is 6.54 Å². The van der Waals surface area contributed by atoms with Crippen LogP contribution in [0, 0.1) is 0 Å². The number of hydrogen-bond donors (Lipinski definition) is 1. The van der Waals surface area contributed by atoms with Gasteiger partial charge in [-0.3, -0.25) is 4.79 Å². The lowest BCUT2D eigenvalue weighted by molar-refractivity contribution is -0.121. The molecule has 0 unspecified atom stereocenters. The number of rotatable bonds is 6. The van der Waals surface area contributed by atoms with E-state index in [0.717, 1.165) is 31.6 Å². The van der Waals surface area contributed by atoms with E-state index in [1.807, 2.05) is 0 Å². The van der Waals surface area contributed by atoms with E-state index < -0.39 is 0 Å². The number of fused-ring (bicyclic) bond motifs is 1. The first-order chi connectivity index (χ1) is 12.3. The first kappa shape index (κ1) is 16.3. The number of aryl methyl sites for hydroxylation is 1. The minimum absolute atomic E-state index is 0.112. The molecular weight excluding hydrogens is 314 g/mol. The molecule has 0 bridgehead atoms. The molecule has 4 rings (SSSR count). The summed E-state index contributed by atoms with van der Waals surface area (Å²) < 4.78 is 5.38. The second kappa shape index (κ2) is 7.38. The third kappa shape index (κ3) is 3.75. The lowest BCUT2D eigenvalue weighted by atomic mass is 9.97. The quantitative estimate of drug-likeness (QED) is 0.874. The minimum Gasteiger partial charge on any atom is -0.356 e. The van der Waals surface area contributed by atoms with Crippen molar-refractivity contribution in [1.29, 1.82) is 0 Å². The van der Waals surface area contributed by atoms with Crippen molar-refractivity contribution < 1.29 is 9.32 Å². The minimum atomic E-state index is 0.112. The standard InChI is InChI=1S/C20H25N3O2/c24-19(13-16-10-9-14-5-3-4-8-17(14)16)21-12-11-18-22-20(25-23-18)15-6-1-2-7-15/h3-5,8,15-16H,1-2,6-7,9-13H2,(H,21,24)/t16-/m1/s1. The van der Waals surface area contributed by atoms with E-state index in [-0.39, 0.29) is 5.91 Å². The average molecular weight is 339 g/mol. The summed E-state index contributed by atoms with van der Waals surface area (Å²) >= 11 is 0. The molecule has 1 aromatic carbocycles. The molecule has 1 amide bonds. The molecule has 25 heavy (non-hydrogen) atoms. The van der Waals surface area contributed by atoms with Crippen LogP contribution in [0.5, 0.6) is 0 Å². The fourth-order valence-electron chi connectivity index (χ4n) is 4.17. The van der Waals surface area contributed by atoms with E-state index in [1.54, 1.807) is 0 Å². The number of aromatic nitrogens is 2. The molecule has 1 atom stereocenters. The largest absolute Gasteiger partial charge is 0.356 e. The van der Waals surface area contributed by atoms with Crippen molar-refractivity contribution in [3.63, 3.8) is 0 Å². The van der Waals surface area contributed by atoms with Gasteiger partial charge in [-0.2, -0.15) is 4.98 Å². The predicted octanol–water partition coefficient (Wildman–Crippen LogP) is 3.51. The van der Waals surface area contributed by atoms with E-state index in [1.165, 1.54) is 24.0 Å². The van der Waals surface area contributed by atoms with Crippen LogP contribution in [0.3, 0.4) is 0 Å². The summed E-state index contributed by atoms with van der Waals surface area (Å²) in [6, 6.07) is 8.47. The van der Waals surface area contributed by atoms with Crippen LogP contribution in [0.4, 0.5) is 0 Å². The molecule has 5 heteroatoms. The summed E-state index contributed by atoms with van der Waals surface area (Å²) in [4.78, 5) is 16.7. The maximum atomic E-state index is 12.2. The van der Waals surface area contributed by atoms with Gasteiger partial charge < -0.3 is 9.84 Å². The summed E-state index contributed by atoms with van der Waals surface area (Å²) in [6.07, 6.45) is 8.16. The van der Waals surface area contributed by atoms with Crippen molar-refractivity contribution in [3.8, 4) is 0 Å². The number of nitrogens with one attached hydrogen (secondary N) is 1. The van der Waals surface area contributed by atoms with Crippen LogP contribution in [-0.4, -0.2) is 22.6 Å². The Hall–Kier alpha value is -2.17. The summed E-state index contributed by atoms with van der Waals surface area (Å²) in [7, 11) is 0. The van der Waals surface area contributed by atoms with Crippen LogP contribution in [0.25, 0.3) is 0 Å². The molecule has 0 aliphatic heterocycles. The Morgan fingerprint density at radius 1 is 1.20 bits per heavy atom. The number of benzene rings is 1. The summed E-state index contributed by atoms with van der Waals surface area (Å²) in [5.41, 5.74) is 2.74. The Morgan fingerprint density at radius 3 is 2.92 bits per heavy atom. The van der Waals surface area contributed by atoms with Gasteiger partial charge in [0.05, 0.1) is 0 Å². The topological polar surface area (TPSA) is 68.0 Å². The molecule has 2 aliphatic carbocycles. The van der Waals surface area contributed by atoms with Gasteiger partial charge in [-0.05, 0) is 42.7 Å². The highest BCUT2D eigenvalue weighted by molar-refractivity contribution is 5.77. The van der Waals surface area contributed by atoms with Gasteiger partial charge >= 0.3 is 0 Å². The van der Waals surface area contributed by atoms with Gasteiger partial charge in [0.2, 0.25) is 11.8 Å². The SMILES string of the molecule is O=C(C[C@H]1CCc2ccccc21)NCCc1noc(C2CCCC2)n1. The van der Waals surface area contributed by atoms with Crippen LogP contribution < -0.4 is 5.32 Å². The molecule has 1 aromatic heterocycles. The Labute approximate surface area is 148 Å². The highest BCUT2D eigenvalue weighted by Gasteiger charge is 2.24. The highest BCUT2D eigenvalue weighted by atomic mass is 16.5. The molecule has 5 nitrogen and oxygen atoms in total. The van der Waals surface area contributed by atoms with E-state index in [9.17, 15) is 4.79 Å². The molecule has 1 saturated carbocycles. The zero-order valence-corrected chi connectivity index (χ0v) is 14.5. The zero-order valence-electron chi connectivity index (χ0n) is 14.5. The molecule has 1 N–H and O–H groups in total. The Morgan fingerprint density at radius 2 is 2.04 bits per heavy atom. The molecule has 0 radical (unpaired) electrons. The van der Waals surface area contributed by atoms with E-state index in [2.05, 4.69) is 39.7 Å². The summed E-state index contributed by atoms with van der Waals surface area (Å²) in [6.45, 7) is 0.566. The Bertz CT molecular complexity index is 734. The maximum absolute atomic E-state index is 12.2. The molecule has 2 aliphatic rings. The average Bonchev–Trinajstić information content (AvgIpc) is 3.35. The molecule has 0 saturated heterocycles. The molecule has 2 aromatic rings. The zero-order chi connectivity index (χ0) is 17.1. The Kier molecular flexibility index (Phi) is 4.81. The number of nitrogens with zero attached hydrogens (tertiary/aromatic N) is 2. The van der Waals surface area contributed by atoms with Crippen molar-refractivity contribution in [3.05, 3.63) is 47.1 Å². The van der Waals surface area contributed by atoms with Crippen molar-refractivity contribution in [1.82, 2.24) is 15.5 Å². The summed E-state index contributed by atoms with van der Waals surface area (Å²) in [5, 5.41) is 7.06. The van der Waals surface area contributed by atoms with Crippen molar-refractivity contribution >= 4 is 5.91 Å². The van der Waals surface area contributed by atoms with Crippen molar-refractivity contribution in [2.45, 2.75) is 63.2 Å². The lowest BCUT2D eigenvalue weighted by Crippen LogP contribution is -2.27. The fourth-order valence-corrected chi connectivity index (χ4v) is 4.17. The van der Waals surface area contributed by atoms with Gasteiger partial charge in [0.1, 0.15) is 0 Å². The number of carbonyl (C=O) groups is 1. The van der Waals surface area contributed by atoms with Gasteiger partial charge in [-0.25, -0.2) is 0 Å². The van der Waals surface area contributed by atoms with Crippen LogP contribution in [0.2, 0.25) is 0 Å². The Balaban J connectivity index is 1.23. The first-order valence-corrected chi connectivity index (χ1v) is 9.46. The van der Waals surface area contributed by atoms with E-state index in [0.29, 0.717) is 37.0 Å². The third-order valence-electron chi connectivity index (χ3n) is 5.55. The second-order valence-electron chi connectivity index (χ2n) is 7.27. The number of hydrogen-bond acceptors (Lipinski definition) is 4. The van der Waals surface area contributed by atoms with E-state index in [4.69, 9.17) is 4.52 Å². The van der Waals surface area contributed by atoms with Crippen LogP contribution in [-0.2, 0) is 17.6 Å². The molecule has 132 valence electrons. The third-order valence-corrected chi connectivity index (χ3v) is 5.55. The smallest absolute Gasteiger partial charge is 0.229 e. The maximum Gasteiger partial charge on any atom is 0.229 e. The second-order valence-corrected chi connectivity index (χ2v) is 7.27. The number of carbonyl (C=O) groups excluding carboxylic acids is 1. The van der Waals surface area contributed by atoms with E-state index >= 15 is 0 Å². The summed E-state index contributed by atoms with van der Waals surface area (Å²) in [5.74, 6) is 2.39. The van der Waals surface area contributed by atoms with Crippen molar-refractivity contribution in [2.24, 2.45) is 0 Å². The van der Waals surface area contributed by atoms with Gasteiger partial charge in [0, 0.05) is 25.3 Å². The first-order valence-electron chi connectivity index (χ1n) is 9.46. The molecule has 1 fully saturated rings. The van der Waals surface area contributed by atoms with Gasteiger partial charge in [-0.15, -0.1) is 0 Å². The van der Waals surface area contributed by atoms with Gasteiger partial charge in [0.15, 0.2) is 5.82 Å². The van der Waals surface area contributed by atoms with Crippen LogP contribution in [0.1, 0.15) is 73.2 Å². The monoisotopic (exact) mass is 339 g/mol. The molecular formula is C20H25N3O2. The lowest BCUT2D eigenvalue weighted by Gasteiger charge is -2.11. The van der Waals surface area contributed by atoms with Crippen LogP contribution >= 0.6 is 0 Å². The van der Waals surface area contributed by atoms with Gasteiger partial charge in [0.25, 0.3) is 0 Å². The highest BCUT2D eigenvalue weighted by Crippen LogP contribution is 2.35. The predicted molar refractivity (Wildman–Crippen MR) is 94.3 cm³/mol. The molecule has 0 spiro atoms. The van der Waals surface area contributed by atoms with Crippen LogP contribution in [0.15, 0.2) is 28.8 Å². The van der Waals surface area contributed by atoms with Gasteiger partial charge in [-0.1, -0.05) is 42.3 Å². The normalized spacial score (nSPS) is 19.9. The molecule has 1 heterocycles.